The lowest BCUT2D eigenvalue weighted by molar-refractivity contribution is 0.235. The largest absolute Gasteiger partial charge is 0.488 e. The zero-order valence-corrected chi connectivity index (χ0v) is 18.1. The number of nitrogens with one attached hydrogen (secondary N) is 2. The zero-order valence-electron chi connectivity index (χ0n) is 15.8. The molecule has 0 saturated carbocycles. The highest BCUT2D eigenvalue weighted by molar-refractivity contribution is 14.0. The van der Waals surface area contributed by atoms with Crippen molar-refractivity contribution in [1.82, 2.24) is 15.6 Å². The van der Waals surface area contributed by atoms with Crippen molar-refractivity contribution in [2.45, 2.75) is 32.9 Å². The third kappa shape index (κ3) is 5.98. The molecule has 0 aliphatic carbocycles. The van der Waals surface area contributed by atoms with Gasteiger partial charge in [0.05, 0.1) is 19.7 Å². The molecule has 0 bridgehead atoms. The van der Waals surface area contributed by atoms with Crippen LogP contribution in [0.3, 0.4) is 0 Å². The van der Waals surface area contributed by atoms with Crippen LogP contribution < -0.4 is 20.1 Å². The standard InChI is InChI=1S/C20H26N4O2.HI/c1-3-21-20(23-13-16-9-7-11-22-19(16)25-4-2)24-14-17-12-15-8-5-6-10-18(15)26-17;/h5-11,17H,3-4,12-14H2,1-2H3,(H2,21,23,24);1H. The first-order chi connectivity index (χ1) is 12.8. The van der Waals surface area contributed by atoms with Gasteiger partial charge in [-0.25, -0.2) is 9.98 Å². The average Bonchev–Trinajstić information content (AvgIpc) is 3.08. The fourth-order valence-electron chi connectivity index (χ4n) is 2.90. The molecule has 146 valence electrons. The van der Waals surface area contributed by atoms with Gasteiger partial charge in [0.1, 0.15) is 11.9 Å². The summed E-state index contributed by atoms with van der Waals surface area (Å²) in [5.41, 5.74) is 2.23. The molecule has 1 aromatic carbocycles. The smallest absolute Gasteiger partial charge is 0.218 e. The van der Waals surface area contributed by atoms with Crippen LogP contribution in [-0.4, -0.2) is 36.7 Å². The first kappa shape index (κ1) is 21.3. The van der Waals surface area contributed by atoms with Crippen molar-refractivity contribution in [2.75, 3.05) is 19.7 Å². The summed E-state index contributed by atoms with van der Waals surface area (Å²) in [6.45, 7) is 6.59. The maximum Gasteiger partial charge on any atom is 0.218 e. The van der Waals surface area contributed by atoms with Crippen LogP contribution in [-0.2, 0) is 13.0 Å². The van der Waals surface area contributed by atoms with Crippen molar-refractivity contribution in [3.05, 3.63) is 53.7 Å². The van der Waals surface area contributed by atoms with E-state index < -0.39 is 0 Å². The van der Waals surface area contributed by atoms with Gasteiger partial charge in [0.15, 0.2) is 5.96 Å². The minimum atomic E-state index is 0. The lowest BCUT2D eigenvalue weighted by Crippen LogP contribution is -2.42. The first-order valence-electron chi connectivity index (χ1n) is 9.13. The normalized spacial score (nSPS) is 15.3. The van der Waals surface area contributed by atoms with Crippen LogP contribution in [0.15, 0.2) is 47.6 Å². The number of hydrogen-bond acceptors (Lipinski definition) is 4. The fourth-order valence-corrected chi connectivity index (χ4v) is 2.90. The topological polar surface area (TPSA) is 67.8 Å². The number of ether oxygens (including phenoxy) is 2. The van der Waals surface area contributed by atoms with Gasteiger partial charge < -0.3 is 20.1 Å². The Morgan fingerprint density at radius 3 is 2.85 bits per heavy atom. The average molecular weight is 482 g/mol. The van der Waals surface area contributed by atoms with Gasteiger partial charge in [-0.15, -0.1) is 24.0 Å². The molecule has 2 aromatic rings. The van der Waals surface area contributed by atoms with Crippen LogP contribution >= 0.6 is 24.0 Å². The van der Waals surface area contributed by atoms with E-state index in [1.165, 1.54) is 5.56 Å². The van der Waals surface area contributed by atoms with Crippen LogP contribution in [0.5, 0.6) is 11.6 Å². The highest BCUT2D eigenvalue weighted by Gasteiger charge is 2.22. The quantitative estimate of drug-likeness (QED) is 0.361. The number of para-hydroxylation sites is 1. The number of benzene rings is 1. The first-order valence-corrected chi connectivity index (χ1v) is 9.13. The number of hydrogen-bond donors (Lipinski definition) is 2. The number of fused-ring (bicyclic) bond motifs is 1. The molecular weight excluding hydrogens is 455 g/mol. The molecule has 0 amide bonds. The minimum Gasteiger partial charge on any atom is -0.488 e. The Balaban J connectivity index is 0.00000261. The molecule has 2 heterocycles. The minimum absolute atomic E-state index is 0. The van der Waals surface area contributed by atoms with Gasteiger partial charge in [0.2, 0.25) is 5.88 Å². The zero-order chi connectivity index (χ0) is 18.2. The molecule has 0 fully saturated rings. The summed E-state index contributed by atoms with van der Waals surface area (Å²) in [6, 6.07) is 12.1. The maximum absolute atomic E-state index is 5.97. The van der Waals surface area contributed by atoms with E-state index >= 15 is 0 Å². The third-order valence-corrected chi connectivity index (χ3v) is 4.09. The fraction of sp³-hybridized carbons (Fsp3) is 0.400. The Morgan fingerprint density at radius 1 is 1.22 bits per heavy atom. The van der Waals surface area contributed by atoms with E-state index in [2.05, 4.69) is 33.6 Å². The van der Waals surface area contributed by atoms with Gasteiger partial charge in [0.25, 0.3) is 0 Å². The molecular formula is C20H27IN4O2. The lowest BCUT2D eigenvalue weighted by atomic mass is 10.1. The number of guanidine groups is 1. The number of aromatic nitrogens is 1. The van der Waals surface area contributed by atoms with Crippen molar-refractivity contribution in [3.8, 4) is 11.6 Å². The summed E-state index contributed by atoms with van der Waals surface area (Å²) in [5.74, 6) is 2.39. The maximum atomic E-state index is 5.97. The highest BCUT2D eigenvalue weighted by Crippen LogP contribution is 2.27. The molecule has 1 unspecified atom stereocenters. The number of nitrogens with zero attached hydrogens (tertiary/aromatic N) is 2. The van der Waals surface area contributed by atoms with Gasteiger partial charge >= 0.3 is 0 Å². The Bertz CT molecular complexity index is 729. The Morgan fingerprint density at radius 2 is 2.07 bits per heavy atom. The van der Waals surface area contributed by atoms with Gasteiger partial charge in [-0.3, -0.25) is 0 Å². The number of aliphatic imine (C=N–C) groups is 1. The Labute approximate surface area is 177 Å². The SMILES string of the molecule is CCNC(=NCc1cccnc1OCC)NCC1Cc2ccccc2O1.I. The van der Waals surface area contributed by atoms with Crippen molar-refractivity contribution in [1.29, 1.82) is 0 Å². The second kappa shape index (κ2) is 11.0. The summed E-state index contributed by atoms with van der Waals surface area (Å²) in [5, 5.41) is 6.64. The van der Waals surface area contributed by atoms with E-state index in [1.807, 2.05) is 37.3 Å². The van der Waals surface area contributed by atoms with Crippen LogP contribution in [0, 0.1) is 0 Å². The molecule has 27 heavy (non-hydrogen) atoms. The second-order valence-electron chi connectivity index (χ2n) is 6.03. The van der Waals surface area contributed by atoms with E-state index in [0.29, 0.717) is 25.6 Å². The van der Waals surface area contributed by atoms with Crippen LogP contribution in [0.2, 0.25) is 0 Å². The molecule has 1 aromatic heterocycles. The van der Waals surface area contributed by atoms with E-state index in [4.69, 9.17) is 9.47 Å². The van der Waals surface area contributed by atoms with E-state index in [0.717, 1.165) is 30.2 Å². The molecule has 1 atom stereocenters. The van der Waals surface area contributed by atoms with Crippen molar-refractivity contribution in [2.24, 2.45) is 4.99 Å². The number of halogens is 1. The van der Waals surface area contributed by atoms with E-state index in [-0.39, 0.29) is 30.1 Å². The monoisotopic (exact) mass is 482 g/mol. The molecule has 6 nitrogen and oxygen atoms in total. The number of rotatable bonds is 7. The summed E-state index contributed by atoms with van der Waals surface area (Å²) >= 11 is 0. The van der Waals surface area contributed by atoms with Crippen LogP contribution in [0.4, 0.5) is 0 Å². The summed E-state index contributed by atoms with van der Waals surface area (Å²) in [6.07, 6.45) is 2.77. The number of pyridine rings is 1. The van der Waals surface area contributed by atoms with Gasteiger partial charge in [-0.1, -0.05) is 24.3 Å². The Hall–Kier alpha value is -2.03. The summed E-state index contributed by atoms with van der Waals surface area (Å²) in [4.78, 5) is 8.93. The van der Waals surface area contributed by atoms with Crippen molar-refractivity contribution < 1.29 is 9.47 Å². The molecule has 0 spiro atoms. The predicted octanol–water partition coefficient (Wildman–Crippen LogP) is 3.16. The molecule has 1 aliphatic heterocycles. The summed E-state index contributed by atoms with van der Waals surface area (Å²) in [7, 11) is 0. The Kier molecular flexibility index (Phi) is 8.63. The lowest BCUT2D eigenvalue weighted by Gasteiger charge is -2.15. The van der Waals surface area contributed by atoms with Gasteiger partial charge in [-0.2, -0.15) is 0 Å². The van der Waals surface area contributed by atoms with Crippen LogP contribution in [0.25, 0.3) is 0 Å². The van der Waals surface area contributed by atoms with E-state index in [1.54, 1.807) is 6.20 Å². The predicted molar refractivity (Wildman–Crippen MR) is 118 cm³/mol. The molecule has 3 rings (SSSR count). The van der Waals surface area contributed by atoms with Gasteiger partial charge in [0, 0.05) is 24.7 Å². The molecule has 1 aliphatic rings. The third-order valence-electron chi connectivity index (χ3n) is 4.09. The van der Waals surface area contributed by atoms with Gasteiger partial charge in [-0.05, 0) is 31.5 Å². The second-order valence-corrected chi connectivity index (χ2v) is 6.03. The molecule has 2 N–H and O–H groups in total. The molecule has 0 radical (unpaired) electrons. The van der Waals surface area contributed by atoms with Crippen molar-refractivity contribution in [3.63, 3.8) is 0 Å². The van der Waals surface area contributed by atoms with Crippen molar-refractivity contribution >= 4 is 29.9 Å². The van der Waals surface area contributed by atoms with Crippen LogP contribution in [0.1, 0.15) is 25.0 Å². The molecule has 0 saturated heterocycles. The molecule has 7 heteroatoms. The van der Waals surface area contributed by atoms with E-state index in [9.17, 15) is 0 Å². The highest BCUT2D eigenvalue weighted by atomic mass is 127. The summed E-state index contributed by atoms with van der Waals surface area (Å²) < 4.78 is 11.5.